The zero-order chi connectivity index (χ0) is 10.0. The second-order valence-corrected chi connectivity index (χ2v) is 2.93. The summed E-state index contributed by atoms with van der Waals surface area (Å²) in [6.07, 6.45) is -0.947. The third-order valence-electron chi connectivity index (χ3n) is 1.12. The summed E-state index contributed by atoms with van der Waals surface area (Å²) in [7, 11) is 0. The maximum absolute atomic E-state index is 8.71. The van der Waals surface area contributed by atoms with Gasteiger partial charge in [-0.25, -0.2) is 9.97 Å². The smallest absolute Gasteiger partial charge is 0.225 e. The lowest BCUT2D eigenvalue weighted by molar-refractivity contribution is 0.299. The maximum Gasteiger partial charge on any atom is 0.225 e. The molecule has 1 heterocycles. The highest BCUT2D eigenvalue weighted by molar-refractivity contribution is 6.36. The molecule has 3 nitrogen and oxygen atoms in total. The Balaban J connectivity index is 3.20. The van der Waals surface area contributed by atoms with Gasteiger partial charge in [0, 0.05) is 19.9 Å². The third-order valence-corrected chi connectivity index (χ3v) is 1.87. The van der Waals surface area contributed by atoms with Crippen molar-refractivity contribution < 1.29 is 6.48 Å². The monoisotopic (exact) mass is 227 g/mol. The number of aromatic nitrogens is 2. The molecule has 0 aromatic carbocycles. The predicted octanol–water partition coefficient (Wildman–Crippen LogP) is 1.97. The summed E-state index contributed by atoms with van der Waals surface area (Å²) in [5.74, 6) is 0. The van der Waals surface area contributed by atoms with Crippen molar-refractivity contribution in [1.29, 1.82) is 0 Å². The highest BCUT2D eigenvalue weighted by Gasteiger charge is 2.09. The molecular weight excluding hydrogens is 222 g/mol. The summed E-state index contributed by atoms with van der Waals surface area (Å²) in [6, 6.07) is 0. The van der Waals surface area contributed by atoms with Gasteiger partial charge in [-0.15, -0.1) is 0 Å². The molecule has 0 amide bonds. The summed E-state index contributed by atoms with van der Waals surface area (Å²) in [5.41, 5.74) is 0.190. The van der Waals surface area contributed by atoms with Crippen molar-refractivity contribution in [3.8, 4) is 0 Å². The Kier molecular flexibility index (Phi) is 3.00. The molecule has 1 atom stereocenters. The molecule has 1 rings (SSSR count). The van der Waals surface area contributed by atoms with Crippen LogP contribution in [-0.4, -0.2) is 21.7 Å². The van der Waals surface area contributed by atoms with E-state index in [2.05, 4.69) is 9.97 Å². The van der Waals surface area contributed by atoms with Gasteiger partial charge in [-0.3, -0.25) is 0 Å². The van der Waals surface area contributed by atoms with E-state index in [4.69, 9.17) is 41.3 Å². The number of halogens is 3. The Hall–Kier alpha value is -0.0900. The highest BCUT2D eigenvalue weighted by atomic mass is 35.5. The van der Waals surface area contributed by atoms with Gasteiger partial charge in [0.05, 0.1) is 0 Å². The van der Waals surface area contributed by atoms with Crippen LogP contribution in [0.25, 0.3) is 0 Å². The van der Waals surface area contributed by atoms with Crippen molar-refractivity contribution >= 4 is 34.8 Å². The average molecular weight is 228 g/mol. The quantitative estimate of drug-likeness (QED) is 0.622. The van der Waals surface area contributed by atoms with Crippen LogP contribution in [0.5, 0.6) is 0 Å². The first-order chi connectivity index (χ1) is 6.06. The highest BCUT2D eigenvalue weighted by Crippen LogP contribution is 2.22. The van der Waals surface area contributed by atoms with Crippen LogP contribution < -0.4 is 0 Å². The van der Waals surface area contributed by atoms with Gasteiger partial charge in [0.15, 0.2) is 0 Å². The van der Waals surface area contributed by atoms with E-state index in [0.717, 1.165) is 0 Å². The number of hydrogen-bond donors (Lipinski definition) is 1. The summed E-state index contributed by atoms with van der Waals surface area (Å²) in [5, 5.41) is 8.63. The Morgan fingerprint density at radius 1 is 1.25 bits per heavy atom. The summed E-state index contributed by atoms with van der Waals surface area (Å²) < 4.78 is 7.37. The molecule has 0 fully saturated rings. The van der Waals surface area contributed by atoms with E-state index >= 15 is 0 Å². The minimum atomic E-state index is -0.947. The van der Waals surface area contributed by atoms with Gasteiger partial charge in [-0.1, -0.05) is 23.2 Å². The maximum atomic E-state index is 8.71. The van der Waals surface area contributed by atoms with Crippen LogP contribution in [0.1, 0.15) is 6.93 Å². The van der Waals surface area contributed by atoms with Crippen molar-refractivity contribution in [2.24, 2.45) is 0 Å². The fraction of sp³-hybridized carbons (Fsp3) is 0.333. The first-order valence-corrected chi connectivity index (χ1v) is 4.11. The molecule has 0 aliphatic carbocycles. The number of aliphatic hydroxyl groups is 1. The fourth-order valence-electron chi connectivity index (χ4n) is 0.652. The van der Waals surface area contributed by atoms with Crippen molar-refractivity contribution in [3.05, 3.63) is 21.2 Å². The number of hydrogen-bond acceptors (Lipinski definition) is 3. The molecule has 12 heavy (non-hydrogen) atoms. The number of rotatable bonds is 2. The van der Waals surface area contributed by atoms with Gasteiger partial charge in [-0.05, 0) is 11.6 Å². The van der Waals surface area contributed by atoms with Crippen LogP contribution in [0.4, 0.5) is 0 Å². The molecule has 6 heteroatoms. The van der Waals surface area contributed by atoms with Gasteiger partial charge < -0.3 is 5.11 Å². The second-order valence-electron chi connectivity index (χ2n) is 1.87. The van der Waals surface area contributed by atoms with E-state index in [0.29, 0.717) is 0 Å². The Bertz CT molecular complexity index is 300. The summed E-state index contributed by atoms with van der Waals surface area (Å²) >= 11 is 16.8. The zero-order valence-electron chi connectivity index (χ0n) is 6.76. The van der Waals surface area contributed by atoms with Gasteiger partial charge in [0.2, 0.25) is 5.28 Å². The summed E-state index contributed by atoms with van der Waals surface area (Å²) in [6.45, 7) is -0.398. The molecule has 0 aliphatic heterocycles. The Morgan fingerprint density at radius 3 is 2.17 bits per heavy atom. The lowest BCUT2D eigenvalue weighted by Gasteiger charge is -2.02. The predicted molar refractivity (Wildman–Crippen MR) is 47.9 cm³/mol. The largest absolute Gasteiger partial charge is 0.396 e. The van der Waals surface area contributed by atoms with E-state index in [9.17, 15) is 0 Å². The van der Waals surface area contributed by atoms with Gasteiger partial charge >= 0.3 is 0 Å². The minimum Gasteiger partial charge on any atom is -0.396 e. The van der Waals surface area contributed by atoms with E-state index < -0.39 is 13.0 Å². The molecule has 0 aliphatic rings. The van der Waals surface area contributed by atoms with Crippen molar-refractivity contribution in [1.82, 2.24) is 9.97 Å². The molecule has 0 radical (unpaired) electrons. The molecule has 0 saturated heterocycles. The van der Waals surface area contributed by atoms with Gasteiger partial charge in [0.25, 0.3) is 0 Å². The van der Waals surface area contributed by atoms with Crippen LogP contribution in [0.2, 0.25) is 15.6 Å². The van der Waals surface area contributed by atoms with Crippen LogP contribution >= 0.6 is 34.8 Å². The first-order valence-electron chi connectivity index (χ1n) is 3.55. The molecule has 1 aromatic rings. The molecule has 66 valence electrons. The molecule has 1 unspecified atom stereocenters. The Morgan fingerprint density at radius 2 is 1.75 bits per heavy atom. The standard InChI is InChI=1S/C6H5Cl3N2O/c7-4-3(1-2-12)5(8)11-6(9)10-4/h12H,1-2H2/i1D. The third kappa shape index (κ3) is 2.20. The lowest BCUT2D eigenvalue weighted by atomic mass is 10.2. The van der Waals surface area contributed by atoms with Crippen LogP contribution in [0.15, 0.2) is 0 Å². The Labute approximate surface area is 85.7 Å². The van der Waals surface area contributed by atoms with E-state index in [1.807, 2.05) is 0 Å². The minimum absolute atomic E-state index is 0.000880. The summed E-state index contributed by atoms with van der Waals surface area (Å²) in [4.78, 5) is 7.22. The molecule has 0 saturated carbocycles. The lowest BCUT2D eigenvalue weighted by Crippen LogP contribution is -1.97. The second kappa shape index (κ2) is 4.23. The molecule has 1 N–H and O–H groups in total. The molecule has 0 spiro atoms. The van der Waals surface area contributed by atoms with Crippen LogP contribution in [-0.2, 0) is 6.40 Å². The number of nitrogens with zero attached hydrogens (tertiary/aromatic N) is 2. The van der Waals surface area contributed by atoms with Gasteiger partial charge in [0.1, 0.15) is 10.3 Å². The van der Waals surface area contributed by atoms with Crippen molar-refractivity contribution in [2.45, 2.75) is 6.40 Å². The first kappa shape index (κ1) is 8.51. The average Bonchev–Trinajstić information content (AvgIpc) is 2.02. The van der Waals surface area contributed by atoms with Crippen LogP contribution in [0.3, 0.4) is 0 Å². The molecule has 0 bridgehead atoms. The zero-order valence-corrected chi connectivity index (χ0v) is 8.03. The normalized spacial score (nSPS) is 14.2. The van der Waals surface area contributed by atoms with E-state index in [1.165, 1.54) is 0 Å². The van der Waals surface area contributed by atoms with Crippen molar-refractivity contribution in [3.63, 3.8) is 0 Å². The van der Waals surface area contributed by atoms with Gasteiger partial charge in [-0.2, -0.15) is 0 Å². The van der Waals surface area contributed by atoms with E-state index in [-0.39, 0.29) is 21.2 Å². The number of aliphatic hydroxyl groups excluding tert-OH is 1. The van der Waals surface area contributed by atoms with Crippen LogP contribution in [0, 0.1) is 0 Å². The molecule has 1 aromatic heterocycles. The molecular formula is C6H5Cl3N2O. The van der Waals surface area contributed by atoms with Crippen molar-refractivity contribution in [2.75, 3.05) is 6.61 Å². The SMILES string of the molecule is [2H]C(CO)c1c(Cl)nc(Cl)nc1Cl. The van der Waals surface area contributed by atoms with E-state index in [1.54, 1.807) is 0 Å². The topological polar surface area (TPSA) is 46.0 Å². The fourth-order valence-corrected chi connectivity index (χ4v) is 1.45.